The molecule has 4 nitrogen and oxygen atoms in total. The van der Waals surface area contributed by atoms with Gasteiger partial charge < -0.3 is 9.47 Å². The molecule has 0 aliphatic heterocycles. The predicted molar refractivity (Wildman–Crippen MR) is 92.3 cm³/mol. The van der Waals surface area contributed by atoms with Crippen LogP contribution < -0.4 is 4.74 Å². The Kier molecular flexibility index (Phi) is 6.75. The third-order valence-corrected chi connectivity index (χ3v) is 4.14. The van der Waals surface area contributed by atoms with E-state index in [0.717, 1.165) is 12.1 Å². The molecule has 1 atom stereocenters. The van der Waals surface area contributed by atoms with Crippen LogP contribution in [0.3, 0.4) is 0 Å². The first kappa shape index (κ1) is 21.1. The highest BCUT2D eigenvalue weighted by atomic mass is 19.4. The van der Waals surface area contributed by atoms with Crippen molar-refractivity contribution in [1.29, 1.82) is 0 Å². The Morgan fingerprint density at radius 2 is 1.85 bits per heavy atom. The van der Waals surface area contributed by atoms with Gasteiger partial charge in [0, 0.05) is 19.1 Å². The molecule has 0 spiro atoms. The first-order chi connectivity index (χ1) is 12.7. The van der Waals surface area contributed by atoms with E-state index in [4.69, 9.17) is 9.47 Å². The molecule has 1 unspecified atom stereocenters. The van der Waals surface area contributed by atoms with Gasteiger partial charge in [-0.15, -0.1) is 0 Å². The summed E-state index contributed by atoms with van der Waals surface area (Å²) >= 11 is 0. The van der Waals surface area contributed by atoms with Crippen molar-refractivity contribution in [3.8, 4) is 5.88 Å². The molecule has 2 rings (SSSR count). The Bertz CT molecular complexity index is 794. The molecule has 148 valence electrons. The van der Waals surface area contributed by atoms with Crippen molar-refractivity contribution in [3.63, 3.8) is 0 Å². The average Bonchev–Trinajstić information content (AvgIpc) is 2.59. The Hall–Kier alpha value is -2.22. The van der Waals surface area contributed by atoms with E-state index in [2.05, 4.69) is 9.97 Å². The molecular formula is C19H22F4N2O2. The lowest BCUT2D eigenvalue weighted by molar-refractivity contribution is -0.138. The van der Waals surface area contributed by atoms with Gasteiger partial charge in [-0.3, -0.25) is 0 Å². The molecule has 0 bridgehead atoms. The smallest absolute Gasteiger partial charge is 0.416 e. The molecule has 0 N–H and O–H groups in total. The van der Waals surface area contributed by atoms with Crippen molar-refractivity contribution in [2.24, 2.45) is 0 Å². The molecule has 1 heterocycles. The maximum absolute atomic E-state index is 13.3. The maximum Gasteiger partial charge on any atom is 0.416 e. The fourth-order valence-corrected chi connectivity index (χ4v) is 2.67. The topological polar surface area (TPSA) is 44.2 Å². The largest absolute Gasteiger partial charge is 0.472 e. The van der Waals surface area contributed by atoms with E-state index in [1.54, 1.807) is 21.0 Å². The minimum absolute atomic E-state index is 0.0556. The number of hydrogen-bond acceptors (Lipinski definition) is 4. The van der Waals surface area contributed by atoms with Crippen molar-refractivity contribution < 1.29 is 27.0 Å². The Balaban J connectivity index is 2.41. The summed E-state index contributed by atoms with van der Waals surface area (Å²) in [6.45, 7) is 5.63. The van der Waals surface area contributed by atoms with Crippen LogP contribution in [-0.2, 0) is 17.3 Å². The van der Waals surface area contributed by atoms with Gasteiger partial charge in [-0.25, -0.2) is 9.37 Å². The zero-order valence-corrected chi connectivity index (χ0v) is 15.7. The third-order valence-electron chi connectivity index (χ3n) is 4.14. The number of aryl methyl sites for hydroxylation is 1. The monoisotopic (exact) mass is 386 g/mol. The number of halogens is 4. The van der Waals surface area contributed by atoms with Crippen molar-refractivity contribution >= 4 is 0 Å². The summed E-state index contributed by atoms with van der Waals surface area (Å²) < 4.78 is 64.0. The SMILES string of the molecule is CCC(COC)Oc1nc(C)nc(Cc2ccc(F)cc2C(F)(F)F)c1C. The molecule has 27 heavy (non-hydrogen) atoms. The summed E-state index contributed by atoms with van der Waals surface area (Å²) in [7, 11) is 1.56. The van der Waals surface area contributed by atoms with Crippen LogP contribution in [0.5, 0.6) is 5.88 Å². The van der Waals surface area contributed by atoms with Gasteiger partial charge in [-0.05, 0) is 38.0 Å². The number of ether oxygens (including phenoxy) is 2. The van der Waals surface area contributed by atoms with E-state index in [-0.39, 0.29) is 18.1 Å². The van der Waals surface area contributed by atoms with E-state index < -0.39 is 17.6 Å². The van der Waals surface area contributed by atoms with Crippen LogP contribution in [0.25, 0.3) is 0 Å². The number of methoxy groups -OCH3 is 1. The highest BCUT2D eigenvalue weighted by molar-refractivity contribution is 5.38. The molecule has 2 aromatic rings. The lowest BCUT2D eigenvalue weighted by Gasteiger charge is -2.19. The fourth-order valence-electron chi connectivity index (χ4n) is 2.67. The van der Waals surface area contributed by atoms with Gasteiger partial charge in [0.25, 0.3) is 0 Å². The summed E-state index contributed by atoms with van der Waals surface area (Å²) in [5.41, 5.74) is -0.110. The van der Waals surface area contributed by atoms with Gasteiger partial charge in [0.1, 0.15) is 17.7 Å². The van der Waals surface area contributed by atoms with Gasteiger partial charge in [0.15, 0.2) is 0 Å². The highest BCUT2D eigenvalue weighted by Gasteiger charge is 2.34. The maximum atomic E-state index is 13.3. The van der Waals surface area contributed by atoms with Gasteiger partial charge in [-0.1, -0.05) is 13.0 Å². The summed E-state index contributed by atoms with van der Waals surface area (Å²) in [5, 5.41) is 0. The van der Waals surface area contributed by atoms with Crippen LogP contribution in [0.4, 0.5) is 17.6 Å². The van der Waals surface area contributed by atoms with E-state index in [9.17, 15) is 17.6 Å². The van der Waals surface area contributed by atoms with Crippen molar-refractivity contribution in [1.82, 2.24) is 9.97 Å². The number of rotatable bonds is 7. The van der Waals surface area contributed by atoms with Crippen LogP contribution in [0, 0.1) is 19.7 Å². The predicted octanol–water partition coefficient (Wildman–Crippen LogP) is 4.65. The number of alkyl halides is 3. The van der Waals surface area contributed by atoms with E-state index in [1.165, 1.54) is 0 Å². The molecule has 0 aliphatic rings. The van der Waals surface area contributed by atoms with Gasteiger partial charge in [-0.2, -0.15) is 18.2 Å². The zero-order valence-electron chi connectivity index (χ0n) is 15.7. The quantitative estimate of drug-likeness (QED) is 0.650. The van der Waals surface area contributed by atoms with Crippen LogP contribution in [0.15, 0.2) is 18.2 Å². The molecule has 8 heteroatoms. The second-order valence-electron chi connectivity index (χ2n) is 6.23. The number of benzene rings is 1. The van der Waals surface area contributed by atoms with Crippen LogP contribution in [0.2, 0.25) is 0 Å². The lowest BCUT2D eigenvalue weighted by atomic mass is 10.00. The standard InChI is InChI=1S/C19H22F4N2O2/c1-5-15(10-26-4)27-18-11(2)17(24-12(3)25-18)8-13-6-7-14(20)9-16(13)19(21,22)23/h6-7,9,15H,5,8,10H2,1-4H3. The highest BCUT2D eigenvalue weighted by Crippen LogP contribution is 2.34. The van der Waals surface area contributed by atoms with Crippen molar-refractivity contribution in [3.05, 3.63) is 52.2 Å². The number of hydrogen-bond donors (Lipinski definition) is 0. The molecule has 0 amide bonds. The minimum Gasteiger partial charge on any atom is -0.472 e. The first-order valence-corrected chi connectivity index (χ1v) is 8.51. The van der Waals surface area contributed by atoms with E-state index in [1.807, 2.05) is 6.92 Å². The van der Waals surface area contributed by atoms with Gasteiger partial charge in [0.2, 0.25) is 5.88 Å². The fraction of sp³-hybridized carbons (Fsp3) is 0.474. The third kappa shape index (κ3) is 5.38. The normalized spacial score (nSPS) is 12.9. The van der Waals surface area contributed by atoms with E-state index >= 15 is 0 Å². The summed E-state index contributed by atoms with van der Waals surface area (Å²) in [6.07, 6.45) is -4.31. The van der Waals surface area contributed by atoms with Crippen molar-refractivity contribution in [2.45, 2.75) is 45.9 Å². The van der Waals surface area contributed by atoms with Gasteiger partial charge in [0.05, 0.1) is 17.9 Å². The minimum atomic E-state index is -4.65. The Morgan fingerprint density at radius 1 is 1.15 bits per heavy atom. The average molecular weight is 386 g/mol. The van der Waals surface area contributed by atoms with Crippen LogP contribution in [0.1, 0.15) is 41.6 Å². The molecule has 0 saturated heterocycles. The molecule has 0 aliphatic carbocycles. The second kappa shape index (κ2) is 8.65. The Morgan fingerprint density at radius 3 is 2.44 bits per heavy atom. The molecule has 0 fully saturated rings. The van der Waals surface area contributed by atoms with Gasteiger partial charge >= 0.3 is 6.18 Å². The molecule has 0 radical (unpaired) electrons. The zero-order chi connectivity index (χ0) is 20.2. The van der Waals surface area contributed by atoms with Crippen LogP contribution in [-0.4, -0.2) is 29.8 Å². The summed E-state index contributed by atoms with van der Waals surface area (Å²) in [6, 6.07) is 2.65. The van der Waals surface area contributed by atoms with Crippen molar-refractivity contribution in [2.75, 3.05) is 13.7 Å². The molecule has 1 aromatic heterocycles. The molecule has 1 aromatic carbocycles. The van der Waals surface area contributed by atoms with E-state index in [0.29, 0.717) is 42.1 Å². The molecule has 0 saturated carbocycles. The number of nitrogens with zero attached hydrogens (tertiary/aromatic N) is 2. The Labute approximate surface area is 155 Å². The number of aromatic nitrogens is 2. The summed E-state index contributed by atoms with van der Waals surface area (Å²) in [5.74, 6) is -0.235. The first-order valence-electron chi connectivity index (χ1n) is 8.51. The lowest BCUT2D eigenvalue weighted by Crippen LogP contribution is -2.23. The summed E-state index contributed by atoms with van der Waals surface area (Å²) in [4.78, 5) is 8.53. The van der Waals surface area contributed by atoms with Crippen LogP contribution >= 0.6 is 0 Å². The molecular weight excluding hydrogens is 364 g/mol. The second-order valence-corrected chi connectivity index (χ2v) is 6.23.